The predicted molar refractivity (Wildman–Crippen MR) is 99.7 cm³/mol. The summed E-state index contributed by atoms with van der Waals surface area (Å²) in [7, 11) is 0. The van der Waals surface area contributed by atoms with Gasteiger partial charge in [-0.1, -0.05) is 71.2 Å². The van der Waals surface area contributed by atoms with Gasteiger partial charge < -0.3 is 5.73 Å². The number of benzene rings is 1. The van der Waals surface area contributed by atoms with Crippen LogP contribution in [0, 0.1) is 0 Å². The molecule has 1 aromatic carbocycles. The number of rotatable bonds is 4. The Kier molecular flexibility index (Phi) is 6.20. The fraction of sp³-hybridized carbons (Fsp3) is 0.0625. The van der Waals surface area contributed by atoms with E-state index in [4.69, 9.17) is 40.5 Å². The highest BCUT2D eigenvalue weighted by molar-refractivity contribution is 6.46. The third kappa shape index (κ3) is 4.47. The zero-order valence-electron chi connectivity index (χ0n) is 12.6. The van der Waals surface area contributed by atoms with Crippen molar-refractivity contribution in [3.8, 4) is 0 Å². The van der Waals surface area contributed by atoms with Gasteiger partial charge in [0.05, 0.1) is 16.9 Å². The van der Waals surface area contributed by atoms with E-state index in [-0.39, 0.29) is 26.6 Å². The summed E-state index contributed by atoms with van der Waals surface area (Å²) >= 11 is 17.6. The van der Waals surface area contributed by atoms with E-state index >= 15 is 0 Å². The zero-order chi connectivity index (χ0) is 17.7. The minimum atomic E-state index is -0.644. The number of hydrazone groups is 1. The van der Waals surface area contributed by atoms with Crippen molar-refractivity contribution in [1.29, 1.82) is 0 Å². The van der Waals surface area contributed by atoms with Gasteiger partial charge in [-0.05, 0) is 18.1 Å². The fourth-order valence-corrected chi connectivity index (χ4v) is 2.37. The van der Waals surface area contributed by atoms with E-state index in [1.807, 2.05) is 43.3 Å². The Balaban J connectivity index is 2.10. The quantitative estimate of drug-likeness (QED) is 0.465. The molecule has 0 aliphatic heterocycles. The lowest BCUT2D eigenvalue weighted by Crippen LogP contribution is -2.20. The number of aromatic nitrogens is 1. The number of anilines is 1. The van der Waals surface area contributed by atoms with Crippen molar-refractivity contribution in [2.75, 3.05) is 5.73 Å². The molecule has 8 heteroatoms. The number of nitrogen functional groups attached to an aromatic ring is 1. The number of carbonyl (C=O) groups excluding carboxylic acids is 1. The van der Waals surface area contributed by atoms with Crippen molar-refractivity contribution in [2.45, 2.75) is 6.92 Å². The smallest absolute Gasteiger partial charge is 0.291 e. The van der Waals surface area contributed by atoms with E-state index in [0.29, 0.717) is 0 Å². The van der Waals surface area contributed by atoms with E-state index < -0.39 is 5.91 Å². The molecule has 0 aliphatic rings. The number of hydrogen-bond acceptors (Lipinski definition) is 4. The molecule has 1 heterocycles. The molecular weight excluding hydrogens is 371 g/mol. The van der Waals surface area contributed by atoms with Gasteiger partial charge in [0.15, 0.2) is 10.8 Å². The lowest BCUT2D eigenvalue weighted by atomic mass is 10.1. The molecule has 0 saturated carbocycles. The number of halogens is 3. The second-order valence-corrected chi connectivity index (χ2v) is 5.90. The zero-order valence-corrected chi connectivity index (χ0v) is 14.8. The maximum atomic E-state index is 12.1. The van der Waals surface area contributed by atoms with Crippen LogP contribution in [0.25, 0.3) is 6.08 Å². The van der Waals surface area contributed by atoms with Crippen LogP contribution in [0.5, 0.6) is 0 Å². The second kappa shape index (κ2) is 8.15. The summed E-state index contributed by atoms with van der Waals surface area (Å²) in [4.78, 5) is 15.9. The number of allylic oxidation sites excluding steroid dienone is 1. The number of nitrogens with two attached hydrogens (primary N) is 1. The van der Waals surface area contributed by atoms with Crippen molar-refractivity contribution in [2.24, 2.45) is 5.10 Å². The van der Waals surface area contributed by atoms with Gasteiger partial charge in [0.2, 0.25) is 0 Å². The van der Waals surface area contributed by atoms with E-state index in [2.05, 4.69) is 15.5 Å². The molecule has 0 atom stereocenters. The number of pyridine rings is 1. The summed E-state index contributed by atoms with van der Waals surface area (Å²) in [5, 5.41) is 3.68. The van der Waals surface area contributed by atoms with Crippen molar-refractivity contribution in [1.82, 2.24) is 10.4 Å². The van der Waals surface area contributed by atoms with E-state index in [9.17, 15) is 4.79 Å². The van der Waals surface area contributed by atoms with Gasteiger partial charge in [-0.15, -0.1) is 0 Å². The molecule has 0 spiro atoms. The van der Waals surface area contributed by atoms with Gasteiger partial charge in [-0.2, -0.15) is 5.10 Å². The highest BCUT2D eigenvalue weighted by Gasteiger charge is 2.19. The molecule has 5 nitrogen and oxygen atoms in total. The molecule has 124 valence electrons. The van der Waals surface area contributed by atoms with E-state index in [0.717, 1.165) is 11.1 Å². The average molecular weight is 384 g/mol. The number of amides is 1. The van der Waals surface area contributed by atoms with Crippen LogP contribution in [0.1, 0.15) is 23.0 Å². The number of nitrogens with one attached hydrogen (secondary N) is 1. The van der Waals surface area contributed by atoms with Gasteiger partial charge in [0.25, 0.3) is 5.91 Å². The average Bonchev–Trinajstić information content (AvgIpc) is 2.57. The molecule has 0 unspecified atom stereocenters. The van der Waals surface area contributed by atoms with Gasteiger partial charge in [0, 0.05) is 0 Å². The van der Waals surface area contributed by atoms with Crippen LogP contribution in [0.4, 0.5) is 5.69 Å². The number of hydrogen-bond donors (Lipinski definition) is 2. The molecule has 0 radical (unpaired) electrons. The van der Waals surface area contributed by atoms with Crippen molar-refractivity contribution in [3.63, 3.8) is 0 Å². The lowest BCUT2D eigenvalue weighted by Gasteiger charge is -2.07. The third-order valence-corrected chi connectivity index (χ3v) is 4.05. The normalized spacial score (nSPS) is 11.8. The Morgan fingerprint density at radius 1 is 1.21 bits per heavy atom. The van der Waals surface area contributed by atoms with Crippen LogP contribution in [0.15, 0.2) is 41.0 Å². The summed E-state index contributed by atoms with van der Waals surface area (Å²) in [5.74, 6) is -0.644. The van der Waals surface area contributed by atoms with Gasteiger partial charge in [-0.3, -0.25) is 4.79 Å². The van der Waals surface area contributed by atoms with Crippen molar-refractivity contribution < 1.29 is 4.79 Å². The molecule has 2 aromatic rings. The van der Waals surface area contributed by atoms with Crippen LogP contribution in [0.2, 0.25) is 15.2 Å². The Labute approximate surface area is 154 Å². The fourth-order valence-electron chi connectivity index (χ4n) is 1.78. The molecule has 0 aliphatic carbocycles. The first-order valence-corrected chi connectivity index (χ1v) is 7.90. The molecular formula is C16H13Cl3N4O. The van der Waals surface area contributed by atoms with Crippen molar-refractivity contribution >= 4 is 58.7 Å². The molecule has 1 aromatic heterocycles. The molecule has 0 fully saturated rings. The van der Waals surface area contributed by atoms with Crippen LogP contribution >= 0.6 is 34.8 Å². The highest BCUT2D eigenvalue weighted by atomic mass is 35.5. The van der Waals surface area contributed by atoms with Crippen LogP contribution in [-0.4, -0.2) is 17.1 Å². The standard InChI is InChI=1S/C16H13Cl3N4O/c1-9(7-10-5-3-2-4-6-10)8-21-23-16(24)14-11(17)13(20)12(18)15(19)22-14/h2-8H,1H3,(H2,20,22)(H,23,24)/b9-7+,21-8+. The molecule has 24 heavy (non-hydrogen) atoms. The summed E-state index contributed by atoms with van der Waals surface area (Å²) < 4.78 is 0. The molecule has 0 saturated heterocycles. The molecule has 1 amide bonds. The molecule has 3 N–H and O–H groups in total. The maximum absolute atomic E-state index is 12.1. The summed E-state index contributed by atoms with van der Waals surface area (Å²) in [5.41, 5.74) is 9.69. The Hall–Kier alpha value is -2.08. The van der Waals surface area contributed by atoms with Crippen LogP contribution in [-0.2, 0) is 0 Å². The van der Waals surface area contributed by atoms with Crippen LogP contribution in [0.3, 0.4) is 0 Å². The summed E-state index contributed by atoms with van der Waals surface area (Å²) in [6.45, 7) is 1.85. The maximum Gasteiger partial charge on any atom is 0.291 e. The molecule has 0 bridgehead atoms. The third-order valence-electron chi connectivity index (χ3n) is 2.92. The van der Waals surface area contributed by atoms with E-state index in [1.165, 1.54) is 6.21 Å². The summed E-state index contributed by atoms with van der Waals surface area (Å²) in [6.07, 6.45) is 3.41. The monoisotopic (exact) mass is 382 g/mol. The summed E-state index contributed by atoms with van der Waals surface area (Å²) in [6, 6.07) is 9.71. The number of nitrogens with zero attached hydrogens (tertiary/aromatic N) is 2. The van der Waals surface area contributed by atoms with E-state index in [1.54, 1.807) is 0 Å². The Morgan fingerprint density at radius 3 is 2.54 bits per heavy atom. The minimum Gasteiger partial charge on any atom is -0.396 e. The van der Waals surface area contributed by atoms with Crippen LogP contribution < -0.4 is 11.2 Å². The van der Waals surface area contributed by atoms with Gasteiger partial charge in [0.1, 0.15) is 5.02 Å². The highest BCUT2D eigenvalue weighted by Crippen LogP contribution is 2.34. The van der Waals surface area contributed by atoms with Gasteiger partial charge in [-0.25, -0.2) is 10.4 Å². The minimum absolute atomic E-state index is 0.00311. The topological polar surface area (TPSA) is 80.4 Å². The van der Waals surface area contributed by atoms with Crippen molar-refractivity contribution in [3.05, 3.63) is 62.4 Å². The predicted octanol–water partition coefficient (Wildman–Crippen LogP) is 4.44. The Bertz CT molecular complexity index is 820. The SMILES string of the molecule is CC(/C=N/NC(=O)c1nc(Cl)c(Cl)c(N)c1Cl)=C\c1ccccc1. The van der Waals surface area contributed by atoms with Gasteiger partial charge >= 0.3 is 0 Å². The number of carbonyl (C=O) groups is 1. The first-order valence-electron chi connectivity index (χ1n) is 6.77. The second-order valence-electron chi connectivity index (χ2n) is 4.79. The molecule has 2 rings (SSSR count). The lowest BCUT2D eigenvalue weighted by molar-refractivity contribution is 0.0950. The largest absolute Gasteiger partial charge is 0.396 e. The Morgan fingerprint density at radius 2 is 1.88 bits per heavy atom. The first-order chi connectivity index (χ1) is 11.4. The first kappa shape index (κ1) is 18.3.